The molecule has 1 aliphatic rings. The Morgan fingerprint density at radius 2 is 2.00 bits per heavy atom. The van der Waals surface area contributed by atoms with E-state index in [0.29, 0.717) is 12.3 Å². The van der Waals surface area contributed by atoms with Crippen LogP contribution in [0.5, 0.6) is 0 Å². The summed E-state index contributed by atoms with van der Waals surface area (Å²) in [6.07, 6.45) is 7.25. The van der Waals surface area contributed by atoms with Crippen molar-refractivity contribution in [1.29, 1.82) is 0 Å². The molecule has 1 N–H and O–H groups in total. The molecule has 5 nitrogen and oxygen atoms in total. The van der Waals surface area contributed by atoms with E-state index < -0.39 is 5.97 Å². The number of aliphatic carboxylic acids is 1. The standard InChI is InChI=1S/C19H25N3O2/c23-19(24)13-16-7-4-10-21(11-8-16)15-18-20-9-12-22(18)14-17-5-2-1-3-6-17/h1-3,5-6,9,12,16H,4,7-8,10-11,13-15H2,(H,23,24)/t16-/m1/s1. The van der Waals surface area contributed by atoms with E-state index in [4.69, 9.17) is 5.11 Å². The minimum Gasteiger partial charge on any atom is -0.481 e. The lowest BCUT2D eigenvalue weighted by molar-refractivity contribution is -0.138. The minimum absolute atomic E-state index is 0.302. The number of rotatable bonds is 6. The van der Waals surface area contributed by atoms with Gasteiger partial charge in [-0.3, -0.25) is 9.69 Å². The molecule has 1 aliphatic heterocycles. The number of aromatic nitrogens is 2. The number of imidazole rings is 1. The minimum atomic E-state index is -0.674. The first kappa shape index (κ1) is 16.7. The van der Waals surface area contributed by atoms with Gasteiger partial charge in [0.1, 0.15) is 5.82 Å². The second-order valence-corrected chi connectivity index (χ2v) is 6.63. The number of hydrogen-bond acceptors (Lipinski definition) is 3. The van der Waals surface area contributed by atoms with E-state index in [0.717, 1.165) is 51.3 Å². The molecule has 0 unspecified atom stereocenters. The summed E-state index contributed by atoms with van der Waals surface area (Å²) in [5.41, 5.74) is 1.27. The van der Waals surface area contributed by atoms with Crippen LogP contribution < -0.4 is 0 Å². The predicted octanol–water partition coefficient (Wildman–Crippen LogP) is 3.01. The number of carboxylic acid groups (broad SMARTS) is 1. The van der Waals surface area contributed by atoms with Crippen molar-refractivity contribution in [1.82, 2.24) is 14.5 Å². The molecule has 0 spiro atoms. The van der Waals surface area contributed by atoms with Gasteiger partial charge in [0.2, 0.25) is 0 Å². The number of hydrogen-bond donors (Lipinski definition) is 1. The lowest BCUT2D eigenvalue weighted by Crippen LogP contribution is -2.26. The second-order valence-electron chi connectivity index (χ2n) is 6.63. The molecule has 2 heterocycles. The largest absolute Gasteiger partial charge is 0.481 e. The van der Waals surface area contributed by atoms with Crippen LogP contribution in [0.1, 0.15) is 37.1 Å². The van der Waals surface area contributed by atoms with E-state index in [9.17, 15) is 4.79 Å². The summed E-state index contributed by atoms with van der Waals surface area (Å²) in [6.45, 7) is 3.65. The van der Waals surface area contributed by atoms with Crippen LogP contribution >= 0.6 is 0 Å². The zero-order chi connectivity index (χ0) is 16.8. The molecule has 0 radical (unpaired) electrons. The van der Waals surface area contributed by atoms with Crippen LogP contribution in [-0.2, 0) is 17.9 Å². The number of benzene rings is 1. The number of carboxylic acids is 1. The average Bonchev–Trinajstić information content (AvgIpc) is 2.87. The molecule has 0 amide bonds. The van der Waals surface area contributed by atoms with Crippen molar-refractivity contribution in [2.24, 2.45) is 5.92 Å². The molecule has 0 aliphatic carbocycles. The summed E-state index contributed by atoms with van der Waals surface area (Å²) < 4.78 is 2.20. The van der Waals surface area contributed by atoms with Crippen molar-refractivity contribution in [2.75, 3.05) is 13.1 Å². The molecule has 0 saturated carbocycles. The van der Waals surface area contributed by atoms with Crippen molar-refractivity contribution in [2.45, 2.75) is 38.8 Å². The summed E-state index contributed by atoms with van der Waals surface area (Å²) >= 11 is 0. The average molecular weight is 327 g/mol. The van der Waals surface area contributed by atoms with Crippen LogP contribution in [-0.4, -0.2) is 38.6 Å². The van der Waals surface area contributed by atoms with Gasteiger partial charge in [-0.05, 0) is 43.8 Å². The molecule has 2 aromatic rings. The molecule has 0 bridgehead atoms. The first-order valence-electron chi connectivity index (χ1n) is 8.69. The van der Waals surface area contributed by atoms with Crippen molar-refractivity contribution >= 4 is 5.97 Å². The van der Waals surface area contributed by atoms with E-state index in [1.165, 1.54) is 5.56 Å². The Morgan fingerprint density at radius 3 is 2.79 bits per heavy atom. The fourth-order valence-electron chi connectivity index (χ4n) is 3.45. The van der Waals surface area contributed by atoms with Crippen molar-refractivity contribution in [3.63, 3.8) is 0 Å². The Kier molecular flexibility index (Phi) is 5.64. The summed E-state index contributed by atoms with van der Waals surface area (Å²) in [6, 6.07) is 10.4. The molecule has 1 fully saturated rings. The first-order valence-corrected chi connectivity index (χ1v) is 8.69. The second kappa shape index (κ2) is 8.11. The maximum absolute atomic E-state index is 10.9. The first-order chi connectivity index (χ1) is 11.7. The van der Waals surface area contributed by atoms with Crippen molar-refractivity contribution in [3.05, 3.63) is 54.1 Å². The maximum atomic E-state index is 10.9. The third-order valence-electron chi connectivity index (χ3n) is 4.77. The van der Waals surface area contributed by atoms with Crippen LogP contribution in [0.3, 0.4) is 0 Å². The van der Waals surface area contributed by atoms with Gasteiger partial charge in [0, 0.05) is 25.4 Å². The normalized spacial score (nSPS) is 19.1. The van der Waals surface area contributed by atoms with Crippen LogP contribution in [0.25, 0.3) is 0 Å². The summed E-state index contributed by atoms with van der Waals surface area (Å²) in [4.78, 5) is 17.8. The van der Waals surface area contributed by atoms with E-state index in [2.05, 4.69) is 38.7 Å². The third kappa shape index (κ3) is 4.68. The van der Waals surface area contributed by atoms with E-state index in [1.807, 2.05) is 18.5 Å². The third-order valence-corrected chi connectivity index (χ3v) is 4.77. The molecule has 5 heteroatoms. The quantitative estimate of drug-likeness (QED) is 0.886. The highest BCUT2D eigenvalue weighted by molar-refractivity contribution is 5.67. The molecular weight excluding hydrogens is 302 g/mol. The fourth-order valence-corrected chi connectivity index (χ4v) is 3.45. The number of carbonyl (C=O) groups is 1. The van der Waals surface area contributed by atoms with Gasteiger partial charge in [-0.1, -0.05) is 30.3 Å². The van der Waals surface area contributed by atoms with Crippen LogP contribution in [0.2, 0.25) is 0 Å². The van der Waals surface area contributed by atoms with Gasteiger partial charge < -0.3 is 9.67 Å². The Bertz CT molecular complexity index is 654. The van der Waals surface area contributed by atoms with E-state index in [-0.39, 0.29) is 0 Å². The van der Waals surface area contributed by atoms with Crippen molar-refractivity contribution < 1.29 is 9.90 Å². The molecule has 24 heavy (non-hydrogen) atoms. The molecular formula is C19H25N3O2. The van der Waals surface area contributed by atoms with Crippen LogP contribution in [0.4, 0.5) is 0 Å². The number of likely N-dealkylation sites (tertiary alicyclic amines) is 1. The summed E-state index contributed by atoms with van der Waals surface area (Å²) in [7, 11) is 0. The van der Waals surface area contributed by atoms with Crippen LogP contribution in [0, 0.1) is 5.92 Å². The Labute approximate surface area is 142 Å². The van der Waals surface area contributed by atoms with Gasteiger partial charge in [-0.25, -0.2) is 4.98 Å². The van der Waals surface area contributed by atoms with Crippen molar-refractivity contribution in [3.8, 4) is 0 Å². The lowest BCUT2D eigenvalue weighted by atomic mass is 9.97. The highest BCUT2D eigenvalue weighted by atomic mass is 16.4. The zero-order valence-corrected chi connectivity index (χ0v) is 14.0. The Balaban J connectivity index is 1.58. The van der Waals surface area contributed by atoms with E-state index in [1.54, 1.807) is 0 Å². The monoisotopic (exact) mass is 327 g/mol. The molecule has 128 valence electrons. The summed E-state index contributed by atoms with van der Waals surface area (Å²) in [5, 5.41) is 8.98. The Hall–Kier alpha value is -2.14. The van der Waals surface area contributed by atoms with E-state index >= 15 is 0 Å². The zero-order valence-electron chi connectivity index (χ0n) is 14.0. The van der Waals surface area contributed by atoms with Gasteiger partial charge in [0.15, 0.2) is 0 Å². The van der Waals surface area contributed by atoms with Gasteiger partial charge in [-0.15, -0.1) is 0 Å². The smallest absolute Gasteiger partial charge is 0.303 e. The highest BCUT2D eigenvalue weighted by Gasteiger charge is 2.20. The molecule has 1 aromatic heterocycles. The number of nitrogens with zero attached hydrogens (tertiary/aromatic N) is 3. The molecule has 1 aromatic carbocycles. The SMILES string of the molecule is O=C(O)C[C@@H]1CCCN(Cc2nccn2Cc2ccccc2)CC1. The molecule has 3 rings (SSSR count). The fraction of sp³-hybridized carbons (Fsp3) is 0.474. The van der Waals surface area contributed by atoms with Crippen LogP contribution in [0.15, 0.2) is 42.7 Å². The summed E-state index contributed by atoms with van der Waals surface area (Å²) in [5.74, 6) is 0.721. The maximum Gasteiger partial charge on any atom is 0.303 e. The lowest BCUT2D eigenvalue weighted by Gasteiger charge is -2.20. The Morgan fingerprint density at radius 1 is 1.17 bits per heavy atom. The topological polar surface area (TPSA) is 58.4 Å². The molecule has 1 atom stereocenters. The van der Waals surface area contributed by atoms with Gasteiger partial charge in [0.05, 0.1) is 6.54 Å². The molecule has 1 saturated heterocycles. The van der Waals surface area contributed by atoms with Gasteiger partial charge >= 0.3 is 5.97 Å². The predicted molar refractivity (Wildman–Crippen MR) is 92.6 cm³/mol. The van der Waals surface area contributed by atoms with Gasteiger partial charge in [-0.2, -0.15) is 0 Å². The van der Waals surface area contributed by atoms with Gasteiger partial charge in [0.25, 0.3) is 0 Å². The highest BCUT2D eigenvalue weighted by Crippen LogP contribution is 2.21.